The van der Waals surface area contributed by atoms with E-state index in [0.717, 1.165) is 0 Å². The number of hydrogen-bond acceptors (Lipinski definition) is 2. The number of carboxylic acids is 1. The Labute approximate surface area is 135 Å². The van der Waals surface area contributed by atoms with Crippen LogP contribution in [-0.4, -0.2) is 23.8 Å². The van der Waals surface area contributed by atoms with Crippen molar-refractivity contribution in [1.82, 2.24) is 0 Å². The van der Waals surface area contributed by atoms with E-state index >= 15 is 0 Å². The molecule has 1 atom stereocenters. The summed E-state index contributed by atoms with van der Waals surface area (Å²) in [6, 6.07) is 0. The van der Waals surface area contributed by atoms with Crippen LogP contribution >= 0.6 is 0 Å². The van der Waals surface area contributed by atoms with Crippen molar-refractivity contribution in [1.29, 1.82) is 0 Å². The molecule has 0 saturated carbocycles. The Kier molecular flexibility index (Phi) is 10.7. The van der Waals surface area contributed by atoms with Gasteiger partial charge in [0.25, 0.3) is 0 Å². The predicted octanol–water partition coefficient (Wildman–Crippen LogP) is -6.30. The zero-order chi connectivity index (χ0) is 4.57. The first-order chi connectivity index (χ1) is 2.80. The Morgan fingerprint density at radius 1 is 1.75 bits per heavy atom. The normalized spacial score (nSPS) is 22.2. The second kappa shape index (κ2) is 6.42. The molecule has 0 spiro atoms. The van der Waals surface area contributed by atoms with Gasteiger partial charge in [0.1, 0.15) is 0 Å². The number of carboxylic acid groups (broad SMARTS) is 1. The SMILES string of the molecule is O=C(O)C1CO1.[H-].[H-].[K+].[K+]. The van der Waals surface area contributed by atoms with E-state index in [-0.39, 0.29) is 106 Å². The molecule has 3 nitrogen and oxygen atoms in total. The molecule has 0 aromatic rings. The van der Waals surface area contributed by atoms with E-state index in [9.17, 15) is 4.79 Å². The second-order valence-electron chi connectivity index (χ2n) is 1.16. The maximum Gasteiger partial charge on any atom is 1.00 e. The summed E-state index contributed by atoms with van der Waals surface area (Å²) in [4.78, 5) is 9.64. The number of carbonyl (C=O) groups is 1. The molecule has 1 aliphatic heterocycles. The molecular formula is C3H6K2O3. The van der Waals surface area contributed by atoms with Gasteiger partial charge in [0, 0.05) is 0 Å². The maximum absolute atomic E-state index is 9.64. The minimum Gasteiger partial charge on any atom is -1.00 e. The monoisotopic (exact) mass is 168 g/mol. The van der Waals surface area contributed by atoms with Crippen LogP contribution in [0.15, 0.2) is 0 Å². The summed E-state index contributed by atoms with van der Waals surface area (Å²) < 4.78 is 4.37. The van der Waals surface area contributed by atoms with Crippen molar-refractivity contribution in [3.8, 4) is 0 Å². The summed E-state index contributed by atoms with van der Waals surface area (Å²) in [5.74, 6) is -0.852. The first-order valence-electron chi connectivity index (χ1n) is 1.65. The molecule has 38 valence electrons. The standard InChI is InChI=1S/C3H4O3.2K.2H/c4-3(5)2-1-6-2;;;;/h2H,1H2,(H,4,5);;;;/q;2*+1;2*-1. The van der Waals surface area contributed by atoms with Gasteiger partial charge in [0.15, 0.2) is 6.10 Å². The third kappa shape index (κ3) is 5.48. The summed E-state index contributed by atoms with van der Waals surface area (Å²) in [6.07, 6.45) is -0.481. The number of rotatable bonds is 1. The van der Waals surface area contributed by atoms with Gasteiger partial charge in [-0.2, -0.15) is 0 Å². The fourth-order valence-electron chi connectivity index (χ4n) is 0.191. The molecule has 0 amide bonds. The summed E-state index contributed by atoms with van der Waals surface area (Å²) in [7, 11) is 0. The van der Waals surface area contributed by atoms with Crippen molar-refractivity contribution >= 4 is 5.97 Å². The molecule has 1 N–H and O–H groups in total. The Balaban J connectivity index is -0.0000000450. The summed E-state index contributed by atoms with van der Waals surface area (Å²) in [5.41, 5.74) is 0. The fraction of sp³-hybridized carbons (Fsp3) is 0.667. The Hall–Kier alpha value is 2.70. The molecule has 0 aromatic heterocycles. The molecule has 1 rings (SSSR count). The van der Waals surface area contributed by atoms with E-state index in [1.165, 1.54) is 0 Å². The average molecular weight is 168 g/mol. The van der Waals surface area contributed by atoms with Crippen LogP contribution in [0, 0.1) is 0 Å². The third-order valence-corrected chi connectivity index (χ3v) is 0.609. The van der Waals surface area contributed by atoms with Crippen LogP contribution in [0.1, 0.15) is 2.85 Å². The Bertz CT molecular complexity index is 87.8. The van der Waals surface area contributed by atoms with Gasteiger partial charge in [-0.25, -0.2) is 4.79 Å². The minimum absolute atomic E-state index is 0. The average Bonchev–Trinajstić information content (AvgIpc) is 2.06. The van der Waals surface area contributed by atoms with E-state index in [4.69, 9.17) is 5.11 Å². The zero-order valence-corrected chi connectivity index (χ0v) is 11.3. The van der Waals surface area contributed by atoms with Gasteiger partial charge in [-0.05, 0) is 0 Å². The van der Waals surface area contributed by atoms with Crippen LogP contribution in [0.2, 0.25) is 0 Å². The molecule has 1 aliphatic rings. The van der Waals surface area contributed by atoms with Gasteiger partial charge >= 0.3 is 109 Å². The molecule has 1 heterocycles. The van der Waals surface area contributed by atoms with E-state index in [0.29, 0.717) is 6.61 Å². The first kappa shape index (κ1) is 13.3. The molecule has 0 radical (unpaired) electrons. The fourth-order valence-corrected chi connectivity index (χ4v) is 0.191. The van der Waals surface area contributed by atoms with Gasteiger partial charge in [0.05, 0.1) is 6.61 Å². The van der Waals surface area contributed by atoms with Gasteiger partial charge in [-0.3, -0.25) is 0 Å². The maximum atomic E-state index is 9.64. The van der Waals surface area contributed by atoms with E-state index < -0.39 is 12.1 Å². The van der Waals surface area contributed by atoms with Crippen molar-refractivity contribution in [3.63, 3.8) is 0 Å². The van der Waals surface area contributed by atoms with E-state index in [2.05, 4.69) is 4.74 Å². The van der Waals surface area contributed by atoms with Crippen molar-refractivity contribution < 1.29 is 120 Å². The second-order valence-corrected chi connectivity index (χ2v) is 1.16. The van der Waals surface area contributed by atoms with E-state index in [1.54, 1.807) is 0 Å². The molecule has 0 bridgehead atoms. The third-order valence-electron chi connectivity index (χ3n) is 0.609. The largest absolute Gasteiger partial charge is 1.00 e. The topological polar surface area (TPSA) is 49.8 Å². The Morgan fingerprint density at radius 3 is 2.12 bits per heavy atom. The molecule has 5 heteroatoms. The van der Waals surface area contributed by atoms with Crippen molar-refractivity contribution in [3.05, 3.63) is 0 Å². The smallest absolute Gasteiger partial charge is 1.00 e. The van der Waals surface area contributed by atoms with Gasteiger partial charge < -0.3 is 12.7 Å². The van der Waals surface area contributed by atoms with Crippen LogP contribution in [-0.2, 0) is 9.53 Å². The van der Waals surface area contributed by atoms with Crippen LogP contribution in [0.25, 0.3) is 0 Å². The molecular weight excluding hydrogens is 162 g/mol. The Morgan fingerprint density at radius 2 is 2.12 bits per heavy atom. The quantitative estimate of drug-likeness (QED) is 0.313. The van der Waals surface area contributed by atoms with Gasteiger partial charge in [-0.15, -0.1) is 0 Å². The molecule has 1 fully saturated rings. The summed E-state index contributed by atoms with van der Waals surface area (Å²) >= 11 is 0. The van der Waals surface area contributed by atoms with Crippen LogP contribution in [0.4, 0.5) is 0 Å². The van der Waals surface area contributed by atoms with E-state index in [1.807, 2.05) is 0 Å². The van der Waals surface area contributed by atoms with Crippen LogP contribution in [0.5, 0.6) is 0 Å². The van der Waals surface area contributed by atoms with Crippen molar-refractivity contribution in [2.24, 2.45) is 0 Å². The number of epoxide rings is 1. The van der Waals surface area contributed by atoms with Crippen LogP contribution < -0.4 is 103 Å². The van der Waals surface area contributed by atoms with Crippen LogP contribution in [0.3, 0.4) is 0 Å². The zero-order valence-electron chi connectivity index (χ0n) is 7.05. The number of ether oxygens (including phenoxy) is 1. The summed E-state index contributed by atoms with van der Waals surface area (Å²) in [5, 5.41) is 7.93. The molecule has 1 unspecified atom stereocenters. The molecule has 1 saturated heterocycles. The molecule has 0 aromatic carbocycles. The molecule has 0 aliphatic carbocycles. The van der Waals surface area contributed by atoms with Gasteiger partial charge in [0.2, 0.25) is 0 Å². The van der Waals surface area contributed by atoms with Gasteiger partial charge in [-0.1, -0.05) is 0 Å². The van der Waals surface area contributed by atoms with Crippen molar-refractivity contribution in [2.45, 2.75) is 6.10 Å². The first-order valence-corrected chi connectivity index (χ1v) is 1.65. The summed E-state index contributed by atoms with van der Waals surface area (Å²) in [6.45, 7) is 0.398. The predicted molar refractivity (Wildman–Crippen MR) is 19.6 cm³/mol. The molecule has 8 heavy (non-hydrogen) atoms. The minimum atomic E-state index is -0.852. The number of hydrogen-bond donors (Lipinski definition) is 1. The number of aliphatic carboxylic acids is 1. The van der Waals surface area contributed by atoms with Crippen molar-refractivity contribution in [2.75, 3.05) is 6.61 Å².